The Hall–Kier alpha value is -2.41. The largest absolute Gasteiger partial charge is 0.418 e. The number of esters is 1. The number of carbonyl (C=O) groups is 2. The average Bonchev–Trinajstić information content (AvgIpc) is 2.99. The summed E-state index contributed by atoms with van der Waals surface area (Å²) in [5.41, 5.74) is 7.19. The van der Waals surface area contributed by atoms with Crippen LogP contribution in [0.25, 0.3) is 0 Å². The molecule has 132 valence electrons. The number of thiazole rings is 1. The number of amides is 1. The minimum atomic E-state index is -0.620. The first-order chi connectivity index (χ1) is 12.1. The van der Waals surface area contributed by atoms with E-state index in [1.54, 1.807) is 29.2 Å². The van der Waals surface area contributed by atoms with E-state index >= 15 is 0 Å². The smallest absolute Gasteiger partial charge is 0.375 e. The molecule has 0 saturated heterocycles. The normalized spacial score (nSPS) is 16.1. The molecule has 0 aliphatic heterocycles. The average molecular weight is 359 g/mol. The maximum absolute atomic E-state index is 12.6. The lowest BCUT2D eigenvalue weighted by molar-refractivity contribution is 0.0495. The van der Waals surface area contributed by atoms with Crippen LogP contribution in [0.3, 0.4) is 0 Å². The van der Waals surface area contributed by atoms with Crippen molar-refractivity contribution in [3.8, 4) is 0 Å². The summed E-state index contributed by atoms with van der Waals surface area (Å²) in [6.07, 6.45) is 2.50. The number of rotatable bonds is 4. The van der Waals surface area contributed by atoms with E-state index in [0.717, 1.165) is 29.8 Å². The fraction of sp³-hybridized carbons (Fsp3) is 0.389. The zero-order valence-corrected chi connectivity index (χ0v) is 14.9. The number of fused-ring (bicyclic) bond motifs is 1. The van der Waals surface area contributed by atoms with Gasteiger partial charge >= 0.3 is 12.1 Å². The molecule has 3 rings (SSSR count). The highest BCUT2D eigenvalue weighted by Crippen LogP contribution is 2.30. The van der Waals surface area contributed by atoms with Crippen molar-refractivity contribution in [3.05, 3.63) is 46.5 Å². The predicted molar refractivity (Wildman–Crippen MR) is 96.6 cm³/mol. The minimum absolute atomic E-state index is 0.00312. The van der Waals surface area contributed by atoms with Crippen molar-refractivity contribution in [2.24, 2.45) is 0 Å². The second-order valence-corrected chi connectivity index (χ2v) is 7.15. The molecule has 0 saturated carbocycles. The molecule has 1 aromatic carbocycles. The van der Waals surface area contributed by atoms with Gasteiger partial charge in [-0.1, -0.05) is 25.1 Å². The molecule has 0 spiro atoms. The van der Waals surface area contributed by atoms with Crippen LogP contribution in [0, 0.1) is 0 Å². The van der Waals surface area contributed by atoms with Crippen molar-refractivity contribution < 1.29 is 14.3 Å². The van der Waals surface area contributed by atoms with E-state index < -0.39 is 12.1 Å². The van der Waals surface area contributed by atoms with Gasteiger partial charge in [-0.2, -0.15) is 0 Å². The number of aryl methyl sites for hydroxylation is 1. The molecule has 1 aromatic heterocycles. The molecule has 6 nitrogen and oxygen atoms in total. The van der Waals surface area contributed by atoms with Gasteiger partial charge in [0.25, 0.3) is 0 Å². The quantitative estimate of drug-likeness (QED) is 0.669. The zero-order valence-electron chi connectivity index (χ0n) is 14.1. The SMILES string of the molecule is CCCN(C(=O)OC(=O)c1ccccc1)[C@H]1CCc2nc(N)sc2C1. The van der Waals surface area contributed by atoms with E-state index in [4.69, 9.17) is 10.5 Å². The van der Waals surface area contributed by atoms with Crippen LogP contribution in [0.1, 0.15) is 40.7 Å². The Balaban J connectivity index is 1.70. The summed E-state index contributed by atoms with van der Waals surface area (Å²) in [4.78, 5) is 31.9. The molecule has 25 heavy (non-hydrogen) atoms. The molecular formula is C18H21N3O3S. The van der Waals surface area contributed by atoms with Gasteiger partial charge in [0.05, 0.1) is 11.3 Å². The van der Waals surface area contributed by atoms with Gasteiger partial charge in [0.15, 0.2) is 5.13 Å². The van der Waals surface area contributed by atoms with E-state index in [1.165, 1.54) is 11.3 Å². The molecule has 2 N–H and O–H groups in total. The van der Waals surface area contributed by atoms with Gasteiger partial charge in [-0.3, -0.25) is 0 Å². The highest BCUT2D eigenvalue weighted by atomic mass is 32.1. The molecular weight excluding hydrogens is 338 g/mol. The van der Waals surface area contributed by atoms with Crippen molar-refractivity contribution in [2.45, 2.75) is 38.6 Å². The number of ether oxygens (including phenoxy) is 1. The van der Waals surface area contributed by atoms with Gasteiger partial charge in [-0.15, -0.1) is 11.3 Å². The molecule has 0 bridgehead atoms. The van der Waals surface area contributed by atoms with E-state index in [0.29, 0.717) is 23.7 Å². The third-order valence-corrected chi connectivity index (χ3v) is 5.21. The molecule has 1 amide bonds. The van der Waals surface area contributed by atoms with Gasteiger partial charge < -0.3 is 15.4 Å². The zero-order chi connectivity index (χ0) is 17.8. The topological polar surface area (TPSA) is 85.5 Å². The van der Waals surface area contributed by atoms with Gasteiger partial charge in [-0.25, -0.2) is 14.6 Å². The standard InChI is InChI=1S/C18H21N3O3S/c1-2-10-21(13-8-9-14-15(11-13)25-17(19)20-14)18(23)24-16(22)12-6-4-3-5-7-12/h3-7,13H,2,8-11H2,1H3,(H2,19,20)/t13-/m0/s1. The van der Waals surface area contributed by atoms with E-state index in [-0.39, 0.29) is 6.04 Å². The monoisotopic (exact) mass is 359 g/mol. The second kappa shape index (κ2) is 7.65. The second-order valence-electron chi connectivity index (χ2n) is 6.03. The third-order valence-electron chi connectivity index (χ3n) is 4.26. The van der Waals surface area contributed by atoms with Crippen LogP contribution in [-0.4, -0.2) is 34.5 Å². The molecule has 1 atom stereocenters. The van der Waals surface area contributed by atoms with Crippen molar-refractivity contribution in [1.29, 1.82) is 0 Å². The van der Waals surface area contributed by atoms with E-state index in [2.05, 4.69) is 4.98 Å². The molecule has 1 aliphatic carbocycles. The van der Waals surface area contributed by atoms with Crippen LogP contribution in [0.15, 0.2) is 30.3 Å². The van der Waals surface area contributed by atoms with Crippen molar-refractivity contribution in [2.75, 3.05) is 12.3 Å². The summed E-state index contributed by atoms with van der Waals surface area (Å²) in [6.45, 7) is 2.55. The summed E-state index contributed by atoms with van der Waals surface area (Å²) in [7, 11) is 0. The first-order valence-corrected chi connectivity index (χ1v) is 9.22. The lowest BCUT2D eigenvalue weighted by Gasteiger charge is -2.32. The fourth-order valence-electron chi connectivity index (χ4n) is 3.08. The summed E-state index contributed by atoms with van der Waals surface area (Å²) in [5, 5.41) is 0.564. The van der Waals surface area contributed by atoms with Crippen LogP contribution < -0.4 is 5.73 Å². The number of nitrogen functional groups attached to an aromatic ring is 1. The summed E-state index contributed by atoms with van der Waals surface area (Å²) < 4.78 is 5.11. The van der Waals surface area contributed by atoms with Gasteiger partial charge in [0.2, 0.25) is 0 Å². The molecule has 7 heteroatoms. The van der Waals surface area contributed by atoms with Crippen molar-refractivity contribution in [1.82, 2.24) is 9.88 Å². The van der Waals surface area contributed by atoms with Crippen LogP contribution in [-0.2, 0) is 17.6 Å². The Morgan fingerprint density at radius 2 is 2.12 bits per heavy atom. The number of carbonyl (C=O) groups excluding carboxylic acids is 2. The molecule has 0 radical (unpaired) electrons. The fourth-order valence-corrected chi connectivity index (χ4v) is 4.03. The maximum Gasteiger partial charge on any atom is 0.418 e. The van der Waals surface area contributed by atoms with Gasteiger partial charge in [0, 0.05) is 23.9 Å². The number of anilines is 1. The highest BCUT2D eigenvalue weighted by Gasteiger charge is 2.31. The Morgan fingerprint density at radius 1 is 1.36 bits per heavy atom. The number of nitrogens with two attached hydrogens (primary N) is 1. The van der Waals surface area contributed by atoms with E-state index in [1.807, 2.05) is 13.0 Å². The molecule has 0 fully saturated rings. The first kappa shape index (κ1) is 17.4. The number of hydrogen-bond donors (Lipinski definition) is 1. The number of nitrogens with zero attached hydrogens (tertiary/aromatic N) is 2. The number of aromatic nitrogens is 1. The highest BCUT2D eigenvalue weighted by molar-refractivity contribution is 7.15. The Labute approximate surface area is 150 Å². The molecule has 0 unspecified atom stereocenters. The van der Waals surface area contributed by atoms with Gasteiger partial charge in [0.1, 0.15) is 0 Å². The van der Waals surface area contributed by atoms with Crippen LogP contribution in [0.4, 0.5) is 9.93 Å². The van der Waals surface area contributed by atoms with Crippen LogP contribution in [0.2, 0.25) is 0 Å². The Morgan fingerprint density at radius 3 is 2.84 bits per heavy atom. The Kier molecular flexibility index (Phi) is 5.33. The summed E-state index contributed by atoms with van der Waals surface area (Å²) in [5.74, 6) is -0.620. The molecule has 1 heterocycles. The molecule has 2 aromatic rings. The summed E-state index contributed by atoms with van der Waals surface area (Å²) >= 11 is 1.47. The summed E-state index contributed by atoms with van der Waals surface area (Å²) in [6, 6.07) is 8.55. The Bertz CT molecular complexity index is 760. The minimum Gasteiger partial charge on any atom is -0.375 e. The number of benzene rings is 1. The van der Waals surface area contributed by atoms with Crippen LogP contribution in [0.5, 0.6) is 0 Å². The van der Waals surface area contributed by atoms with Gasteiger partial charge in [-0.05, 0) is 31.4 Å². The third kappa shape index (κ3) is 3.99. The number of hydrogen-bond acceptors (Lipinski definition) is 6. The van der Waals surface area contributed by atoms with E-state index in [9.17, 15) is 9.59 Å². The first-order valence-electron chi connectivity index (χ1n) is 8.40. The predicted octanol–water partition coefficient (Wildman–Crippen LogP) is 3.27. The molecule has 1 aliphatic rings. The maximum atomic E-state index is 12.6. The van der Waals surface area contributed by atoms with Crippen LogP contribution >= 0.6 is 11.3 Å². The lowest BCUT2D eigenvalue weighted by Crippen LogP contribution is -2.44. The lowest BCUT2D eigenvalue weighted by atomic mass is 9.96. The van der Waals surface area contributed by atoms with Crippen molar-refractivity contribution >= 4 is 28.5 Å². The van der Waals surface area contributed by atoms with Crippen molar-refractivity contribution in [3.63, 3.8) is 0 Å².